The van der Waals surface area contributed by atoms with E-state index in [1.807, 2.05) is 0 Å². The second kappa shape index (κ2) is 48.6. The zero-order valence-electron chi connectivity index (χ0n) is 57.7. The molecule has 0 saturated heterocycles. The van der Waals surface area contributed by atoms with Crippen LogP contribution in [0, 0.1) is 0 Å². The molecule has 92 heavy (non-hydrogen) atoms. The average Bonchev–Trinajstić information content (AvgIpc) is 1.77. The summed E-state index contributed by atoms with van der Waals surface area (Å²) in [4.78, 5) is 14.0. The molecule has 0 amide bonds. The number of aromatic amines is 4. The monoisotopic (exact) mass is 1280 g/mol. The molecule has 4 aromatic rings. The molecular formula is C72H116N12O8. The highest BCUT2D eigenvalue weighted by Gasteiger charge is 2.24. The number of ether oxygens (including phenoxy) is 8. The van der Waals surface area contributed by atoms with Crippen LogP contribution in [0.4, 0.5) is 0 Å². The number of unbranched alkanes of at least 4 members (excludes halogenated alkanes) is 24. The van der Waals surface area contributed by atoms with Gasteiger partial charge in [0.05, 0.1) is 103 Å². The van der Waals surface area contributed by atoms with Crippen LogP contribution in [0.15, 0.2) is 40.8 Å². The summed E-state index contributed by atoms with van der Waals surface area (Å²) in [6.07, 6.45) is 46.4. The van der Waals surface area contributed by atoms with Crippen LogP contribution in [0.3, 0.4) is 0 Å². The summed E-state index contributed by atoms with van der Waals surface area (Å²) in [6.45, 7) is 21.5. The lowest BCUT2D eigenvalue weighted by atomic mass is 10.2. The highest BCUT2D eigenvalue weighted by molar-refractivity contribution is 5.95. The predicted molar refractivity (Wildman–Crippen MR) is 381 cm³/mol. The molecule has 0 aromatic carbocycles. The Labute approximate surface area is 551 Å². The van der Waals surface area contributed by atoms with Crippen molar-refractivity contribution in [3.63, 3.8) is 0 Å². The van der Waals surface area contributed by atoms with E-state index in [0.29, 0.717) is 144 Å². The molecular weight excluding hydrogens is 1160 g/mol. The van der Waals surface area contributed by atoms with Crippen molar-refractivity contribution < 1.29 is 37.9 Å². The zero-order chi connectivity index (χ0) is 65.3. The van der Waals surface area contributed by atoms with Crippen LogP contribution in [0.5, 0.6) is 46.0 Å². The lowest BCUT2D eigenvalue weighted by Crippen LogP contribution is -2.04. The van der Waals surface area contributed by atoms with Crippen LogP contribution >= 0.6 is 0 Å². The van der Waals surface area contributed by atoms with E-state index in [9.17, 15) is 0 Å². The van der Waals surface area contributed by atoms with Gasteiger partial charge in [-0.1, -0.05) is 209 Å². The molecule has 20 heteroatoms. The molecule has 5 heterocycles. The van der Waals surface area contributed by atoms with Crippen LogP contribution in [-0.2, 0) is 0 Å². The molecule has 1 aliphatic heterocycles. The van der Waals surface area contributed by atoms with E-state index < -0.39 is 0 Å². The molecule has 0 unspecified atom stereocenters. The fourth-order valence-electron chi connectivity index (χ4n) is 10.2. The largest absolute Gasteiger partial charge is 0.488 e. The van der Waals surface area contributed by atoms with Crippen molar-refractivity contribution in [2.45, 2.75) is 261 Å². The number of fused-ring (bicyclic) bond motifs is 8. The van der Waals surface area contributed by atoms with Gasteiger partial charge in [0.25, 0.3) is 0 Å². The predicted octanol–water partition coefficient (Wildman–Crippen LogP) is 18.8. The molecule has 0 spiro atoms. The Bertz CT molecular complexity index is 2280. The first-order chi connectivity index (χ1) is 45.5. The van der Waals surface area contributed by atoms with E-state index in [-0.39, 0.29) is 0 Å². The fraction of sp³-hybridized carbons (Fsp3) is 0.667. The van der Waals surface area contributed by atoms with Crippen LogP contribution < -0.4 is 37.9 Å². The molecule has 0 atom stereocenters. The number of aromatic nitrogens is 4. The Kier molecular flexibility index (Phi) is 39.9. The Morgan fingerprint density at radius 1 is 0.185 bits per heavy atom. The molecule has 4 aromatic heterocycles. The second-order valence-corrected chi connectivity index (χ2v) is 23.7. The SMILES string of the molecule is CCCCCCOc1c2[nH]c(c1OCCCCCC)/C=N\N=C/c1[nH]c(c(OCCCCCC)c1OCCCCCC)/C=N\N=C/c1[nH]c(c(OCCCCCC)c1OCCCCCC)/C=N\N=C/c1[nH]c(c(OCCCCCC)c1OCCCCCC)/C=N\N=C/2. The Balaban J connectivity index is 1.75. The molecule has 8 bridgehead atoms. The first-order valence-corrected chi connectivity index (χ1v) is 35.8. The average molecular weight is 1280 g/mol. The lowest BCUT2D eigenvalue weighted by Gasteiger charge is -2.11. The molecule has 0 radical (unpaired) electrons. The normalized spacial score (nSPS) is 15.2. The molecule has 512 valence electrons. The summed E-state index contributed by atoms with van der Waals surface area (Å²) in [7, 11) is 0. The highest BCUT2D eigenvalue weighted by atomic mass is 16.5. The van der Waals surface area contributed by atoms with Gasteiger partial charge in [-0.05, 0) is 51.4 Å². The number of hydrogen-bond donors (Lipinski definition) is 4. The maximum absolute atomic E-state index is 6.62. The Hall–Kier alpha value is -7.12. The van der Waals surface area contributed by atoms with Gasteiger partial charge in [-0.2, -0.15) is 40.8 Å². The van der Waals surface area contributed by atoms with Crippen molar-refractivity contribution in [2.24, 2.45) is 40.8 Å². The molecule has 0 saturated carbocycles. The van der Waals surface area contributed by atoms with E-state index in [4.69, 9.17) is 37.9 Å². The van der Waals surface area contributed by atoms with Gasteiger partial charge in [-0.25, -0.2) is 0 Å². The number of hydrogen-bond acceptors (Lipinski definition) is 16. The van der Waals surface area contributed by atoms with E-state index in [0.717, 1.165) is 205 Å². The van der Waals surface area contributed by atoms with Gasteiger partial charge < -0.3 is 57.8 Å². The van der Waals surface area contributed by atoms with Gasteiger partial charge in [-0.3, -0.25) is 0 Å². The van der Waals surface area contributed by atoms with Crippen LogP contribution in [-0.4, -0.2) is 123 Å². The van der Waals surface area contributed by atoms with Crippen molar-refractivity contribution in [1.82, 2.24) is 19.9 Å². The van der Waals surface area contributed by atoms with Crippen LogP contribution in [0.2, 0.25) is 0 Å². The third-order valence-corrected chi connectivity index (χ3v) is 15.6. The zero-order valence-corrected chi connectivity index (χ0v) is 57.7. The van der Waals surface area contributed by atoms with Crippen molar-refractivity contribution in [3.05, 3.63) is 45.6 Å². The number of nitrogens with zero attached hydrogens (tertiary/aromatic N) is 8. The summed E-state index contributed by atoms with van der Waals surface area (Å²) in [5, 5.41) is 37.0. The quantitative estimate of drug-likeness (QED) is 0.0310. The van der Waals surface area contributed by atoms with Crippen LogP contribution in [0.25, 0.3) is 0 Å². The molecule has 0 fully saturated rings. The maximum Gasteiger partial charge on any atom is 0.188 e. The van der Waals surface area contributed by atoms with Gasteiger partial charge in [0, 0.05) is 0 Å². The minimum Gasteiger partial charge on any atom is -0.488 e. The van der Waals surface area contributed by atoms with Gasteiger partial charge in [0.1, 0.15) is 45.6 Å². The lowest BCUT2D eigenvalue weighted by molar-refractivity contribution is 0.260. The number of rotatable bonds is 48. The van der Waals surface area contributed by atoms with Crippen molar-refractivity contribution in [3.8, 4) is 46.0 Å². The van der Waals surface area contributed by atoms with E-state index in [2.05, 4.69) is 116 Å². The first-order valence-electron chi connectivity index (χ1n) is 35.8. The van der Waals surface area contributed by atoms with E-state index >= 15 is 0 Å². The van der Waals surface area contributed by atoms with E-state index in [1.165, 1.54) is 0 Å². The van der Waals surface area contributed by atoms with Crippen LogP contribution in [0.1, 0.15) is 306 Å². The second-order valence-electron chi connectivity index (χ2n) is 23.7. The summed E-state index contributed by atoms with van der Waals surface area (Å²) in [5.74, 6) is 4.24. The minimum absolute atomic E-state index is 0.489. The molecule has 4 N–H and O–H groups in total. The van der Waals surface area contributed by atoms with E-state index in [1.54, 1.807) is 49.7 Å². The van der Waals surface area contributed by atoms with Gasteiger partial charge in [0.15, 0.2) is 46.0 Å². The van der Waals surface area contributed by atoms with Gasteiger partial charge in [0.2, 0.25) is 0 Å². The van der Waals surface area contributed by atoms with Gasteiger partial charge in [-0.15, -0.1) is 0 Å². The van der Waals surface area contributed by atoms with Crippen molar-refractivity contribution in [2.75, 3.05) is 52.9 Å². The standard InChI is InChI=1S/C72H116N12O8/c1-9-17-25-33-41-85-65-57-49-73-75-51-59-67(87-43-35-27-19-11-3)69(89-45-37-29-21-13-5)61(82-59)53-77-79-55-63-71(91-47-39-31-23-15-7)72(92-48-40-32-24-16-8)64(84-63)56-80-78-54-62-70(90-46-38-30-22-14-6)68(88-44-36-28-20-12-4)60(83-62)52-76-74-50-58(81-57)66(65)86-42-34-26-18-10-2/h49-56,81-84H,9-48H2,1-8H3/b57-49?,58-50?,59-51?,60-52?,61-53?,62-54?,63-55?,64-56?,73-49-,74-50-,75-51-,75-73?,76-52-,76-74?,77-53-,78-54-,79-55-,79-77?,80-56-,80-78?. The van der Waals surface area contributed by atoms with Gasteiger partial charge >= 0.3 is 0 Å². The third-order valence-electron chi connectivity index (χ3n) is 15.6. The maximum atomic E-state index is 6.62. The molecule has 20 nitrogen and oxygen atoms in total. The topological polar surface area (TPSA) is 236 Å². The molecule has 0 aliphatic carbocycles. The Morgan fingerprint density at radius 2 is 0.304 bits per heavy atom. The third kappa shape index (κ3) is 28.0. The van der Waals surface area contributed by atoms with Crippen molar-refractivity contribution in [1.29, 1.82) is 0 Å². The van der Waals surface area contributed by atoms with Crippen molar-refractivity contribution >= 4 is 49.7 Å². The number of nitrogens with one attached hydrogen (secondary N) is 4. The summed E-state index contributed by atoms with van der Waals surface area (Å²) < 4.78 is 53.0. The minimum atomic E-state index is 0.489. The Morgan fingerprint density at radius 3 is 0.413 bits per heavy atom. The summed E-state index contributed by atoms with van der Waals surface area (Å²) >= 11 is 0. The summed E-state index contributed by atoms with van der Waals surface area (Å²) in [5.41, 5.74) is 4.56. The number of H-pyrrole nitrogens is 4. The summed E-state index contributed by atoms with van der Waals surface area (Å²) in [6, 6.07) is 0. The first kappa shape index (κ1) is 75.6. The fourth-order valence-corrected chi connectivity index (χ4v) is 10.2. The highest BCUT2D eigenvalue weighted by Crippen LogP contribution is 2.39. The molecule has 1 aliphatic rings. The smallest absolute Gasteiger partial charge is 0.188 e. The molecule has 5 rings (SSSR count).